The summed E-state index contributed by atoms with van der Waals surface area (Å²) in [6, 6.07) is 12.0. The Bertz CT molecular complexity index is 501. The molecule has 0 saturated carbocycles. The molecule has 0 aliphatic heterocycles. The largest absolute Gasteiger partial charge is 0.237 e. The summed E-state index contributed by atoms with van der Waals surface area (Å²) in [7, 11) is 0. The maximum Gasteiger partial charge on any atom is 0.116 e. The Morgan fingerprint density at radius 3 is 2.44 bits per heavy atom. The first-order valence-electron chi connectivity index (χ1n) is 5.06. The number of rotatable bonds is 3. The molecule has 2 aromatic rings. The Kier molecular flexibility index (Phi) is 3.24. The van der Waals surface area contributed by atoms with Gasteiger partial charge in [-0.15, -0.1) is 0 Å². The normalized spacial score (nSPS) is 10.5. The van der Waals surface area contributed by atoms with Gasteiger partial charge in [0.15, 0.2) is 0 Å². The van der Waals surface area contributed by atoms with Crippen LogP contribution in [0.2, 0.25) is 0 Å². The monoisotopic (exact) mass is 208 g/mol. The topological polar surface area (TPSA) is 25.8 Å². The van der Waals surface area contributed by atoms with Gasteiger partial charge in [0.1, 0.15) is 6.33 Å². The molecule has 0 fully saturated rings. The quantitative estimate of drug-likeness (QED) is 0.773. The third-order valence-electron chi connectivity index (χ3n) is 2.16. The number of hydrogen-bond donors (Lipinski definition) is 0. The highest BCUT2D eigenvalue weighted by Gasteiger charge is 1.91. The standard InChI is InChI=1S/C14H12N2/c1-2-13-10-14(16-11-15-13)9-8-12-6-4-3-5-7-12/h2-11H,1H2. The summed E-state index contributed by atoms with van der Waals surface area (Å²) in [5.74, 6) is 0. The van der Waals surface area contributed by atoms with E-state index >= 15 is 0 Å². The van der Waals surface area contributed by atoms with Gasteiger partial charge in [-0.2, -0.15) is 0 Å². The second-order valence-corrected chi connectivity index (χ2v) is 3.32. The molecule has 0 saturated heterocycles. The third kappa shape index (κ3) is 2.64. The van der Waals surface area contributed by atoms with Crippen LogP contribution in [0, 0.1) is 0 Å². The van der Waals surface area contributed by atoms with Crippen LogP contribution in [-0.2, 0) is 0 Å². The van der Waals surface area contributed by atoms with E-state index in [1.165, 1.54) is 0 Å². The number of nitrogens with zero attached hydrogens (tertiary/aromatic N) is 2. The fourth-order valence-corrected chi connectivity index (χ4v) is 1.34. The van der Waals surface area contributed by atoms with E-state index in [0.29, 0.717) is 0 Å². The highest BCUT2D eigenvalue weighted by Crippen LogP contribution is 2.06. The molecule has 0 spiro atoms. The van der Waals surface area contributed by atoms with Gasteiger partial charge in [0, 0.05) is 0 Å². The lowest BCUT2D eigenvalue weighted by Gasteiger charge is -1.95. The maximum absolute atomic E-state index is 4.16. The Morgan fingerprint density at radius 1 is 0.938 bits per heavy atom. The molecule has 2 nitrogen and oxygen atoms in total. The van der Waals surface area contributed by atoms with Crippen LogP contribution in [0.1, 0.15) is 17.0 Å². The van der Waals surface area contributed by atoms with Crippen molar-refractivity contribution in [2.24, 2.45) is 0 Å². The SMILES string of the molecule is C=Cc1cc(C=Cc2ccccc2)ncn1. The van der Waals surface area contributed by atoms with Gasteiger partial charge in [-0.05, 0) is 23.8 Å². The Hall–Kier alpha value is -2.22. The van der Waals surface area contributed by atoms with E-state index in [1.54, 1.807) is 12.4 Å². The van der Waals surface area contributed by atoms with Crippen LogP contribution in [0.5, 0.6) is 0 Å². The third-order valence-corrected chi connectivity index (χ3v) is 2.16. The van der Waals surface area contributed by atoms with Gasteiger partial charge < -0.3 is 0 Å². The van der Waals surface area contributed by atoms with Crippen molar-refractivity contribution < 1.29 is 0 Å². The number of benzene rings is 1. The average molecular weight is 208 g/mol. The van der Waals surface area contributed by atoms with Crippen LogP contribution in [0.3, 0.4) is 0 Å². The predicted octanol–water partition coefficient (Wildman–Crippen LogP) is 3.29. The molecule has 0 radical (unpaired) electrons. The molecule has 2 heteroatoms. The summed E-state index contributed by atoms with van der Waals surface area (Å²) in [5, 5.41) is 0. The predicted molar refractivity (Wildman–Crippen MR) is 67.5 cm³/mol. The van der Waals surface area contributed by atoms with Gasteiger partial charge in [0.05, 0.1) is 11.4 Å². The van der Waals surface area contributed by atoms with E-state index in [9.17, 15) is 0 Å². The van der Waals surface area contributed by atoms with E-state index in [2.05, 4.69) is 16.5 Å². The minimum absolute atomic E-state index is 0.836. The molecule has 1 heterocycles. The molecule has 2 rings (SSSR count). The van der Waals surface area contributed by atoms with Crippen LogP contribution >= 0.6 is 0 Å². The van der Waals surface area contributed by atoms with Gasteiger partial charge in [0.25, 0.3) is 0 Å². The van der Waals surface area contributed by atoms with E-state index in [0.717, 1.165) is 17.0 Å². The molecule has 0 aliphatic rings. The summed E-state index contributed by atoms with van der Waals surface area (Å²) >= 11 is 0. The molecule has 0 N–H and O–H groups in total. The fourth-order valence-electron chi connectivity index (χ4n) is 1.34. The van der Waals surface area contributed by atoms with Gasteiger partial charge in [0.2, 0.25) is 0 Å². The average Bonchev–Trinajstić information content (AvgIpc) is 2.38. The minimum atomic E-state index is 0.836. The van der Waals surface area contributed by atoms with Gasteiger partial charge in [-0.3, -0.25) is 0 Å². The van der Waals surface area contributed by atoms with Crippen molar-refractivity contribution in [1.82, 2.24) is 9.97 Å². The zero-order valence-electron chi connectivity index (χ0n) is 8.88. The maximum atomic E-state index is 4.16. The first kappa shape index (κ1) is 10.3. The molecule has 16 heavy (non-hydrogen) atoms. The van der Waals surface area contributed by atoms with Crippen molar-refractivity contribution in [3.63, 3.8) is 0 Å². The summed E-state index contributed by atoms with van der Waals surface area (Å²) in [6.07, 6.45) is 7.24. The summed E-state index contributed by atoms with van der Waals surface area (Å²) in [5.41, 5.74) is 2.87. The Labute approximate surface area is 95.0 Å². The second-order valence-electron chi connectivity index (χ2n) is 3.32. The molecular formula is C14H12N2. The summed E-state index contributed by atoms with van der Waals surface area (Å²) in [6.45, 7) is 3.68. The molecule has 0 amide bonds. The first-order chi connectivity index (χ1) is 7.88. The summed E-state index contributed by atoms with van der Waals surface area (Å²) in [4.78, 5) is 8.21. The number of aromatic nitrogens is 2. The smallest absolute Gasteiger partial charge is 0.116 e. The van der Waals surface area contributed by atoms with E-state index in [4.69, 9.17) is 0 Å². The molecule has 0 unspecified atom stereocenters. The van der Waals surface area contributed by atoms with Gasteiger partial charge >= 0.3 is 0 Å². The van der Waals surface area contributed by atoms with Crippen molar-refractivity contribution >= 4 is 18.2 Å². The van der Waals surface area contributed by atoms with Gasteiger partial charge in [-0.25, -0.2) is 9.97 Å². The lowest BCUT2D eigenvalue weighted by molar-refractivity contribution is 1.14. The van der Waals surface area contributed by atoms with E-state index in [-0.39, 0.29) is 0 Å². The lowest BCUT2D eigenvalue weighted by Crippen LogP contribution is -1.85. The molecule has 0 atom stereocenters. The van der Waals surface area contributed by atoms with E-state index in [1.807, 2.05) is 48.6 Å². The number of hydrogen-bond acceptors (Lipinski definition) is 2. The van der Waals surface area contributed by atoms with Crippen LogP contribution < -0.4 is 0 Å². The van der Waals surface area contributed by atoms with Gasteiger partial charge in [-0.1, -0.05) is 43.0 Å². The van der Waals surface area contributed by atoms with Crippen LogP contribution in [0.15, 0.2) is 49.3 Å². The van der Waals surface area contributed by atoms with Crippen molar-refractivity contribution in [2.45, 2.75) is 0 Å². The van der Waals surface area contributed by atoms with Crippen LogP contribution in [0.4, 0.5) is 0 Å². The second kappa shape index (κ2) is 5.03. The van der Waals surface area contributed by atoms with Crippen LogP contribution in [-0.4, -0.2) is 9.97 Å². The van der Waals surface area contributed by atoms with Crippen molar-refractivity contribution in [3.8, 4) is 0 Å². The Morgan fingerprint density at radius 2 is 1.69 bits per heavy atom. The zero-order valence-corrected chi connectivity index (χ0v) is 8.88. The summed E-state index contributed by atoms with van der Waals surface area (Å²) < 4.78 is 0. The lowest BCUT2D eigenvalue weighted by atomic mass is 10.2. The zero-order chi connectivity index (χ0) is 11.2. The van der Waals surface area contributed by atoms with Crippen molar-refractivity contribution in [1.29, 1.82) is 0 Å². The van der Waals surface area contributed by atoms with Crippen molar-refractivity contribution in [3.05, 3.63) is 66.3 Å². The van der Waals surface area contributed by atoms with Crippen LogP contribution in [0.25, 0.3) is 18.2 Å². The fraction of sp³-hybridized carbons (Fsp3) is 0. The molecule has 0 aliphatic carbocycles. The van der Waals surface area contributed by atoms with E-state index < -0.39 is 0 Å². The molecule has 1 aromatic carbocycles. The minimum Gasteiger partial charge on any atom is -0.237 e. The van der Waals surface area contributed by atoms with Crippen molar-refractivity contribution in [2.75, 3.05) is 0 Å². The highest BCUT2D eigenvalue weighted by atomic mass is 14.8. The molecule has 1 aromatic heterocycles. The molecule has 78 valence electrons. The first-order valence-corrected chi connectivity index (χ1v) is 5.06. The molecule has 0 bridgehead atoms. The Balaban J connectivity index is 2.20. The highest BCUT2D eigenvalue weighted by molar-refractivity contribution is 5.68. The molecular weight excluding hydrogens is 196 g/mol.